The number of amides is 2. The van der Waals surface area contributed by atoms with Crippen molar-refractivity contribution in [2.45, 2.75) is 38.1 Å². The van der Waals surface area contributed by atoms with Gasteiger partial charge in [0.05, 0.1) is 6.04 Å². The Morgan fingerprint density at radius 1 is 0.944 bits per heavy atom. The van der Waals surface area contributed by atoms with Crippen LogP contribution in [0.25, 0.3) is 0 Å². The van der Waals surface area contributed by atoms with E-state index >= 15 is 0 Å². The van der Waals surface area contributed by atoms with E-state index in [9.17, 15) is 9.59 Å². The molecule has 2 saturated heterocycles. The lowest BCUT2D eigenvalue weighted by Crippen LogP contribution is -2.44. The molecule has 2 aliphatic heterocycles. The molecule has 6 rings (SSSR count). The van der Waals surface area contributed by atoms with E-state index in [-0.39, 0.29) is 17.9 Å². The van der Waals surface area contributed by atoms with E-state index in [4.69, 9.17) is 0 Å². The second-order valence-electron chi connectivity index (χ2n) is 10.4. The molecule has 0 saturated carbocycles. The zero-order chi connectivity index (χ0) is 24.5. The fraction of sp³-hybridized carbons (Fsp3) is 0.379. The SMILES string of the molecule is O=C(NC1CCc2ccc(C(=O)N3CCC4(CC3)CCN(c3ccncc3)C4)cc21)c1ccccn1. The average molecular weight is 482 g/mol. The number of piperidine rings is 1. The van der Waals surface area contributed by atoms with Crippen molar-refractivity contribution >= 4 is 17.5 Å². The number of aromatic nitrogens is 2. The second kappa shape index (κ2) is 9.37. The molecule has 0 bridgehead atoms. The van der Waals surface area contributed by atoms with Crippen LogP contribution in [0.1, 0.15) is 63.7 Å². The molecule has 2 aromatic heterocycles. The van der Waals surface area contributed by atoms with Crippen LogP contribution in [0.2, 0.25) is 0 Å². The lowest BCUT2D eigenvalue weighted by Gasteiger charge is -2.39. The standard InChI is InChI=1S/C29H31N5O2/c35-27(26-3-1-2-13-31-26)32-25-7-6-21-4-5-22(19-24(21)25)28(36)33-16-10-29(11-17-33)12-18-34(20-29)23-8-14-30-15-9-23/h1-5,8-9,13-15,19,25H,6-7,10-12,16-18,20H2,(H,32,35). The topological polar surface area (TPSA) is 78.4 Å². The molecular formula is C29H31N5O2. The summed E-state index contributed by atoms with van der Waals surface area (Å²) in [6, 6.07) is 15.4. The first kappa shape index (κ1) is 22.7. The van der Waals surface area contributed by atoms with Crippen molar-refractivity contribution in [2.75, 3.05) is 31.1 Å². The van der Waals surface area contributed by atoms with Crippen LogP contribution < -0.4 is 10.2 Å². The Labute approximate surface area is 211 Å². The van der Waals surface area contributed by atoms with Gasteiger partial charge in [-0.3, -0.25) is 19.6 Å². The summed E-state index contributed by atoms with van der Waals surface area (Å²) >= 11 is 0. The summed E-state index contributed by atoms with van der Waals surface area (Å²) in [6.07, 6.45) is 10.3. The van der Waals surface area contributed by atoms with E-state index in [1.54, 1.807) is 18.3 Å². The van der Waals surface area contributed by atoms with Gasteiger partial charge in [0.1, 0.15) is 5.69 Å². The summed E-state index contributed by atoms with van der Waals surface area (Å²) in [5.74, 6) is -0.0813. The van der Waals surface area contributed by atoms with Crippen molar-refractivity contribution in [3.8, 4) is 0 Å². The molecule has 2 fully saturated rings. The zero-order valence-electron chi connectivity index (χ0n) is 20.4. The van der Waals surface area contributed by atoms with Crippen molar-refractivity contribution in [2.24, 2.45) is 5.41 Å². The second-order valence-corrected chi connectivity index (χ2v) is 10.4. The fourth-order valence-corrected chi connectivity index (χ4v) is 6.10. The molecule has 3 aliphatic rings. The Balaban J connectivity index is 1.10. The molecule has 0 radical (unpaired) electrons. The molecule has 2 amide bonds. The van der Waals surface area contributed by atoms with Crippen LogP contribution in [0.5, 0.6) is 0 Å². The number of nitrogens with one attached hydrogen (secondary N) is 1. The van der Waals surface area contributed by atoms with Crippen LogP contribution in [-0.2, 0) is 6.42 Å². The predicted molar refractivity (Wildman–Crippen MR) is 138 cm³/mol. The quantitative estimate of drug-likeness (QED) is 0.609. The van der Waals surface area contributed by atoms with Gasteiger partial charge in [0.25, 0.3) is 11.8 Å². The molecule has 184 valence electrons. The van der Waals surface area contributed by atoms with E-state index in [1.807, 2.05) is 35.5 Å². The first-order valence-corrected chi connectivity index (χ1v) is 12.9. The van der Waals surface area contributed by atoms with Crippen LogP contribution in [0.4, 0.5) is 5.69 Å². The Morgan fingerprint density at radius 2 is 1.75 bits per heavy atom. The van der Waals surface area contributed by atoms with Gasteiger partial charge in [-0.2, -0.15) is 0 Å². The molecule has 36 heavy (non-hydrogen) atoms. The highest BCUT2D eigenvalue weighted by Gasteiger charge is 2.41. The van der Waals surface area contributed by atoms with Crippen molar-refractivity contribution in [1.82, 2.24) is 20.2 Å². The smallest absolute Gasteiger partial charge is 0.270 e. The van der Waals surface area contributed by atoms with Gasteiger partial charge in [-0.05, 0) is 85.0 Å². The van der Waals surface area contributed by atoms with Gasteiger partial charge in [-0.25, -0.2) is 0 Å². The number of nitrogens with zero attached hydrogens (tertiary/aromatic N) is 4. The molecule has 7 heteroatoms. The molecule has 1 unspecified atom stereocenters. The normalized spacial score (nSPS) is 20.4. The van der Waals surface area contributed by atoms with E-state index in [2.05, 4.69) is 38.4 Å². The lowest BCUT2D eigenvalue weighted by molar-refractivity contribution is 0.0610. The number of hydrogen-bond donors (Lipinski definition) is 1. The predicted octanol–water partition coefficient (Wildman–Crippen LogP) is 4.03. The van der Waals surface area contributed by atoms with Crippen LogP contribution in [0.3, 0.4) is 0 Å². The van der Waals surface area contributed by atoms with E-state index in [1.165, 1.54) is 17.7 Å². The van der Waals surface area contributed by atoms with Crippen molar-refractivity contribution < 1.29 is 9.59 Å². The molecule has 1 aromatic carbocycles. The molecule has 1 spiro atoms. The lowest BCUT2D eigenvalue weighted by atomic mass is 9.77. The van der Waals surface area contributed by atoms with E-state index in [0.717, 1.165) is 57.4 Å². The first-order valence-electron chi connectivity index (χ1n) is 12.9. The third-order valence-electron chi connectivity index (χ3n) is 8.25. The highest BCUT2D eigenvalue weighted by atomic mass is 16.2. The summed E-state index contributed by atoms with van der Waals surface area (Å²) in [5, 5.41) is 3.11. The minimum Gasteiger partial charge on any atom is -0.371 e. The van der Waals surface area contributed by atoms with Gasteiger partial charge < -0.3 is 15.1 Å². The number of carbonyl (C=O) groups excluding carboxylic acids is 2. The molecule has 1 atom stereocenters. The minimum atomic E-state index is -0.177. The molecular weight excluding hydrogens is 450 g/mol. The Bertz CT molecular complexity index is 1260. The maximum atomic E-state index is 13.5. The van der Waals surface area contributed by atoms with Gasteiger partial charge in [0.15, 0.2) is 0 Å². The number of benzene rings is 1. The molecule has 1 N–H and O–H groups in total. The largest absolute Gasteiger partial charge is 0.371 e. The number of aryl methyl sites for hydroxylation is 1. The Kier molecular flexibility index (Phi) is 5.91. The van der Waals surface area contributed by atoms with Gasteiger partial charge in [0.2, 0.25) is 0 Å². The maximum absolute atomic E-state index is 13.5. The summed E-state index contributed by atoms with van der Waals surface area (Å²) in [4.78, 5) is 38.9. The van der Waals surface area contributed by atoms with Crippen molar-refractivity contribution in [3.63, 3.8) is 0 Å². The van der Waals surface area contributed by atoms with Crippen LogP contribution in [0, 0.1) is 5.41 Å². The summed E-state index contributed by atoms with van der Waals surface area (Å²) in [6.45, 7) is 3.70. The molecule has 7 nitrogen and oxygen atoms in total. The summed E-state index contributed by atoms with van der Waals surface area (Å²) in [5.41, 5.74) is 4.92. The molecule has 1 aliphatic carbocycles. The molecule has 4 heterocycles. The van der Waals surface area contributed by atoms with E-state index in [0.29, 0.717) is 16.7 Å². The summed E-state index contributed by atoms with van der Waals surface area (Å²) in [7, 11) is 0. The van der Waals surface area contributed by atoms with Gasteiger partial charge in [-0.1, -0.05) is 12.1 Å². The maximum Gasteiger partial charge on any atom is 0.270 e. The number of anilines is 1. The Hall–Kier alpha value is -3.74. The fourth-order valence-electron chi connectivity index (χ4n) is 6.10. The van der Waals surface area contributed by atoms with Crippen LogP contribution in [-0.4, -0.2) is 52.9 Å². The van der Waals surface area contributed by atoms with Crippen LogP contribution >= 0.6 is 0 Å². The minimum absolute atomic E-state index is 0.0930. The van der Waals surface area contributed by atoms with E-state index < -0.39 is 0 Å². The number of carbonyl (C=O) groups is 2. The zero-order valence-corrected chi connectivity index (χ0v) is 20.4. The Morgan fingerprint density at radius 3 is 2.53 bits per heavy atom. The van der Waals surface area contributed by atoms with Crippen molar-refractivity contribution in [1.29, 1.82) is 0 Å². The van der Waals surface area contributed by atoms with Crippen molar-refractivity contribution in [3.05, 3.63) is 89.5 Å². The highest BCUT2D eigenvalue weighted by molar-refractivity contribution is 5.95. The summed E-state index contributed by atoms with van der Waals surface area (Å²) < 4.78 is 0. The first-order chi connectivity index (χ1) is 17.6. The van der Waals surface area contributed by atoms with Gasteiger partial charge in [0, 0.05) is 56.0 Å². The monoisotopic (exact) mass is 481 g/mol. The third-order valence-corrected chi connectivity index (χ3v) is 8.25. The molecule has 3 aromatic rings. The van der Waals surface area contributed by atoms with Gasteiger partial charge in [-0.15, -0.1) is 0 Å². The number of pyridine rings is 2. The number of rotatable bonds is 4. The highest BCUT2D eigenvalue weighted by Crippen LogP contribution is 2.42. The average Bonchev–Trinajstić information content (AvgIpc) is 3.54. The third kappa shape index (κ3) is 4.34. The number of hydrogen-bond acceptors (Lipinski definition) is 5. The van der Waals surface area contributed by atoms with Crippen LogP contribution in [0.15, 0.2) is 67.1 Å². The van der Waals surface area contributed by atoms with Gasteiger partial charge >= 0.3 is 0 Å². The number of fused-ring (bicyclic) bond motifs is 1. The number of likely N-dealkylation sites (tertiary alicyclic amines) is 1.